The maximum absolute atomic E-state index is 12.7. The van der Waals surface area contributed by atoms with E-state index < -0.39 is 0 Å². The molecule has 0 unspecified atom stereocenters. The highest BCUT2D eigenvalue weighted by molar-refractivity contribution is 6.07. The standard InChI is InChI=1S/C26H35NO3/c1-9-30-24-18(12-15-21(28)17-10-13-19(27-8)14-11-17)16-20(25(2,3)4)23(29)22(24)26(5,6)7/h10-16,27,29H,9H2,1-8H3/b15-12+. The summed E-state index contributed by atoms with van der Waals surface area (Å²) < 4.78 is 5.98. The Bertz CT molecular complexity index is 927. The van der Waals surface area contributed by atoms with Crippen molar-refractivity contribution >= 4 is 17.5 Å². The van der Waals surface area contributed by atoms with Gasteiger partial charge in [-0.1, -0.05) is 41.5 Å². The third kappa shape index (κ3) is 5.24. The molecule has 0 aliphatic rings. The van der Waals surface area contributed by atoms with E-state index in [1.807, 2.05) is 32.2 Å². The maximum atomic E-state index is 12.7. The monoisotopic (exact) mass is 409 g/mol. The molecule has 2 aromatic rings. The van der Waals surface area contributed by atoms with Crippen molar-refractivity contribution in [2.75, 3.05) is 19.0 Å². The number of hydrogen-bond donors (Lipinski definition) is 2. The van der Waals surface area contributed by atoms with E-state index in [9.17, 15) is 9.90 Å². The molecule has 2 N–H and O–H groups in total. The molecule has 0 saturated heterocycles. The molecule has 0 aliphatic carbocycles. The van der Waals surface area contributed by atoms with Crippen LogP contribution in [0.3, 0.4) is 0 Å². The van der Waals surface area contributed by atoms with Crippen LogP contribution in [0, 0.1) is 0 Å². The maximum Gasteiger partial charge on any atom is 0.185 e. The lowest BCUT2D eigenvalue weighted by Crippen LogP contribution is -2.19. The molecule has 30 heavy (non-hydrogen) atoms. The van der Waals surface area contributed by atoms with E-state index in [0.717, 1.165) is 22.4 Å². The van der Waals surface area contributed by atoms with E-state index >= 15 is 0 Å². The summed E-state index contributed by atoms with van der Waals surface area (Å²) in [5, 5.41) is 14.2. The van der Waals surface area contributed by atoms with Gasteiger partial charge in [-0.05, 0) is 60.2 Å². The van der Waals surface area contributed by atoms with Crippen molar-refractivity contribution in [1.82, 2.24) is 0 Å². The molecule has 0 bridgehead atoms. The summed E-state index contributed by atoms with van der Waals surface area (Å²) in [5.41, 5.74) is 3.38. The minimum atomic E-state index is -0.328. The van der Waals surface area contributed by atoms with Crippen molar-refractivity contribution in [3.63, 3.8) is 0 Å². The molecule has 0 heterocycles. The lowest BCUT2D eigenvalue weighted by Gasteiger charge is -2.30. The summed E-state index contributed by atoms with van der Waals surface area (Å²) in [5.74, 6) is 0.817. The molecule has 2 rings (SSSR count). The highest BCUT2D eigenvalue weighted by Crippen LogP contribution is 2.46. The summed E-state index contributed by atoms with van der Waals surface area (Å²) >= 11 is 0. The van der Waals surface area contributed by atoms with Crippen LogP contribution in [-0.2, 0) is 10.8 Å². The van der Waals surface area contributed by atoms with Gasteiger partial charge in [0, 0.05) is 35.0 Å². The quantitative estimate of drug-likeness (QED) is 0.433. The second-order valence-electron chi connectivity index (χ2n) is 9.52. The first-order valence-electron chi connectivity index (χ1n) is 10.4. The van der Waals surface area contributed by atoms with Crippen molar-refractivity contribution in [3.05, 3.63) is 58.7 Å². The smallest absolute Gasteiger partial charge is 0.185 e. The Balaban J connectivity index is 2.61. The summed E-state index contributed by atoms with van der Waals surface area (Å²) in [6.45, 7) is 14.8. The molecule has 2 aromatic carbocycles. The topological polar surface area (TPSA) is 58.6 Å². The van der Waals surface area contributed by atoms with Gasteiger partial charge in [-0.25, -0.2) is 0 Å². The van der Waals surface area contributed by atoms with Gasteiger partial charge < -0.3 is 15.2 Å². The van der Waals surface area contributed by atoms with E-state index in [-0.39, 0.29) is 22.4 Å². The van der Waals surface area contributed by atoms with Crippen molar-refractivity contribution in [2.45, 2.75) is 59.3 Å². The molecule has 4 heteroatoms. The zero-order valence-corrected chi connectivity index (χ0v) is 19.5. The third-order valence-electron chi connectivity index (χ3n) is 5.00. The predicted molar refractivity (Wildman–Crippen MR) is 126 cm³/mol. The lowest BCUT2D eigenvalue weighted by molar-refractivity contribution is 0.104. The number of ketones is 1. The van der Waals surface area contributed by atoms with Crippen molar-refractivity contribution in [2.24, 2.45) is 0 Å². The first-order chi connectivity index (χ1) is 13.9. The number of hydrogen-bond acceptors (Lipinski definition) is 4. The number of carbonyl (C=O) groups excluding carboxylic acids is 1. The van der Waals surface area contributed by atoms with E-state index in [4.69, 9.17) is 4.74 Å². The first-order valence-corrected chi connectivity index (χ1v) is 10.4. The molecule has 0 aromatic heterocycles. The number of allylic oxidation sites excluding steroid dienone is 1. The molecule has 0 amide bonds. The van der Waals surface area contributed by atoms with Gasteiger partial charge >= 0.3 is 0 Å². The molecular weight excluding hydrogens is 374 g/mol. The van der Waals surface area contributed by atoms with E-state index in [1.165, 1.54) is 0 Å². The number of ether oxygens (including phenoxy) is 1. The summed E-state index contributed by atoms with van der Waals surface area (Å²) in [7, 11) is 1.84. The Morgan fingerprint density at radius 3 is 2.13 bits per heavy atom. The van der Waals surface area contributed by atoms with Crippen LogP contribution in [0.4, 0.5) is 5.69 Å². The Morgan fingerprint density at radius 1 is 1.07 bits per heavy atom. The predicted octanol–water partition coefficient (Wildman–Crippen LogP) is 6.32. The second-order valence-corrected chi connectivity index (χ2v) is 9.52. The number of nitrogens with one attached hydrogen (secondary N) is 1. The molecule has 0 aliphatic heterocycles. The normalized spacial score (nSPS) is 12.3. The highest BCUT2D eigenvalue weighted by Gasteiger charge is 2.31. The van der Waals surface area contributed by atoms with Gasteiger partial charge in [-0.3, -0.25) is 4.79 Å². The molecule has 0 atom stereocenters. The number of phenolic OH excluding ortho intramolecular Hbond substituents is 1. The highest BCUT2D eigenvalue weighted by atomic mass is 16.5. The zero-order chi connectivity index (χ0) is 22.7. The van der Waals surface area contributed by atoms with Crippen LogP contribution >= 0.6 is 0 Å². The molecular formula is C26H35NO3. The van der Waals surface area contributed by atoms with Crippen LogP contribution in [-0.4, -0.2) is 24.5 Å². The zero-order valence-electron chi connectivity index (χ0n) is 19.5. The van der Waals surface area contributed by atoms with E-state index in [2.05, 4.69) is 46.9 Å². The minimum absolute atomic E-state index is 0.0807. The van der Waals surface area contributed by atoms with Gasteiger partial charge in [0.2, 0.25) is 0 Å². The summed E-state index contributed by atoms with van der Waals surface area (Å²) in [6, 6.07) is 9.30. The Morgan fingerprint density at radius 2 is 1.67 bits per heavy atom. The van der Waals surface area contributed by atoms with Crippen LogP contribution < -0.4 is 10.1 Å². The fourth-order valence-electron chi connectivity index (χ4n) is 3.43. The Labute approximate surface area is 181 Å². The molecule has 4 nitrogen and oxygen atoms in total. The van der Waals surface area contributed by atoms with Gasteiger partial charge in [-0.2, -0.15) is 0 Å². The van der Waals surface area contributed by atoms with Gasteiger partial charge in [0.25, 0.3) is 0 Å². The van der Waals surface area contributed by atoms with E-state index in [1.54, 1.807) is 24.3 Å². The van der Waals surface area contributed by atoms with Gasteiger partial charge in [0.15, 0.2) is 5.78 Å². The molecule has 0 fully saturated rings. The SMILES string of the molecule is CCOc1c(/C=C/C(=O)c2ccc(NC)cc2)cc(C(C)(C)C)c(O)c1C(C)(C)C. The molecule has 0 spiro atoms. The molecule has 0 saturated carbocycles. The summed E-state index contributed by atoms with van der Waals surface area (Å²) in [4.78, 5) is 12.7. The lowest BCUT2D eigenvalue weighted by atomic mass is 9.77. The van der Waals surface area contributed by atoms with Crippen molar-refractivity contribution in [3.8, 4) is 11.5 Å². The van der Waals surface area contributed by atoms with Gasteiger partial charge in [0.05, 0.1) is 6.61 Å². The molecule has 162 valence electrons. The fourth-order valence-corrected chi connectivity index (χ4v) is 3.43. The van der Waals surface area contributed by atoms with Gasteiger partial charge in [0.1, 0.15) is 11.5 Å². The van der Waals surface area contributed by atoms with Crippen LogP contribution in [0.2, 0.25) is 0 Å². The first kappa shape index (κ1) is 23.5. The fraction of sp³-hybridized carbons (Fsp3) is 0.423. The van der Waals surface area contributed by atoms with Crippen LogP contribution in [0.25, 0.3) is 6.08 Å². The molecule has 0 radical (unpaired) electrons. The number of anilines is 1. The second kappa shape index (κ2) is 8.95. The van der Waals surface area contributed by atoms with E-state index in [0.29, 0.717) is 17.9 Å². The van der Waals surface area contributed by atoms with Crippen LogP contribution in [0.15, 0.2) is 36.4 Å². The Hall–Kier alpha value is -2.75. The average molecular weight is 410 g/mol. The number of rotatable bonds is 6. The summed E-state index contributed by atoms with van der Waals surface area (Å²) in [6.07, 6.45) is 3.37. The average Bonchev–Trinajstić information content (AvgIpc) is 2.65. The van der Waals surface area contributed by atoms with Crippen LogP contribution in [0.1, 0.15) is 75.5 Å². The number of aromatic hydroxyl groups is 1. The van der Waals surface area contributed by atoms with Crippen LogP contribution in [0.5, 0.6) is 11.5 Å². The Kier molecular flexibility index (Phi) is 7.02. The van der Waals surface area contributed by atoms with Gasteiger partial charge in [-0.15, -0.1) is 0 Å². The number of benzene rings is 2. The number of carbonyl (C=O) groups is 1. The number of phenols is 1. The van der Waals surface area contributed by atoms with Crippen molar-refractivity contribution in [1.29, 1.82) is 0 Å². The largest absolute Gasteiger partial charge is 0.507 e. The van der Waals surface area contributed by atoms with Crippen molar-refractivity contribution < 1.29 is 14.6 Å². The third-order valence-corrected chi connectivity index (χ3v) is 5.00. The minimum Gasteiger partial charge on any atom is -0.507 e.